The summed E-state index contributed by atoms with van der Waals surface area (Å²) in [5, 5.41) is 9.14. The summed E-state index contributed by atoms with van der Waals surface area (Å²) in [5.74, 6) is -0.446. The van der Waals surface area contributed by atoms with Crippen LogP contribution in [0.15, 0.2) is 11.1 Å². The van der Waals surface area contributed by atoms with E-state index in [1.165, 1.54) is 12.8 Å². The second kappa shape index (κ2) is 3.87. The minimum atomic E-state index is -0.446. The number of carbonyl (C=O) groups is 1. The number of fused-ring (bicyclic) bond motifs is 1. The Labute approximate surface area is 102 Å². The molecule has 0 N–H and O–H groups in total. The van der Waals surface area contributed by atoms with E-state index in [1.54, 1.807) is 6.92 Å². The fraction of sp³-hybridized carbons (Fsp3) is 0.714. The van der Waals surface area contributed by atoms with Crippen LogP contribution in [0.4, 0.5) is 0 Å². The molecule has 0 radical (unpaired) electrons. The van der Waals surface area contributed by atoms with E-state index in [-0.39, 0.29) is 16.4 Å². The monoisotopic (exact) mass is 233 g/mol. The number of nitrogens with zero attached hydrogens (tertiary/aromatic N) is 1. The van der Waals surface area contributed by atoms with Gasteiger partial charge in [-0.2, -0.15) is 5.26 Å². The molecule has 0 aliphatic heterocycles. The SMILES string of the molecule is CCOC(=O)/C(C#N)=C1\C[C@]2(C)CC[C@]2(C)C1. The van der Waals surface area contributed by atoms with E-state index in [0.29, 0.717) is 6.61 Å². The highest BCUT2D eigenvalue weighted by molar-refractivity contribution is 5.93. The number of esters is 1. The molecule has 2 aliphatic rings. The average molecular weight is 233 g/mol. The fourth-order valence-corrected chi connectivity index (χ4v) is 3.24. The van der Waals surface area contributed by atoms with Crippen molar-refractivity contribution in [2.75, 3.05) is 6.61 Å². The molecule has 2 fully saturated rings. The van der Waals surface area contributed by atoms with Gasteiger partial charge < -0.3 is 4.74 Å². The highest BCUT2D eigenvalue weighted by Gasteiger charge is 2.57. The summed E-state index contributed by atoms with van der Waals surface area (Å²) in [7, 11) is 0. The molecule has 0 saturated heterocycles. The van der Waals surface area contributed by atoms with Gasteiger partial charge in [-0.3, -0.25) is 0 Å². The van der Waals surface area contributed by atoms with Crippen molar-refractivity contribution in [2.45, 2.75) is 46.5 Å². The molecule has 0 heterocycles. The smallest absolute Gasteiger partial charge is 0.348 e. The van der Waals surface area contributed by atoms with E-state index in [0.717, 1.165) is 18.4 Å². The third-order valence-corrected chi connectivity index (χ3v) is 4.84. The Morgan fingerprint density at radius 2 is 1.88 bits per heavy atom. The summed E-state index contributed by atoms with van der Waals surface area (Å²) < 4.78 is 4.94. The van der Waals surface area contributed by atoms with Crippen LogP contribution in [0.2, 0.25) is 0 Å². The third-order valence-electron chi connectivity index (χ3n) is 4.84. The van der Waals surface area contributed by atoms with Crippen molar-refractivity contribution >= 4 is 5.97 Å². The average Bonchev–Trinajstić information content (AvgIpc) is 2.43. The zero-order valence-electron chi connectivity index (χ0n) is 10.8. The lowest BCUT2D eigenvalue weighted by molar-refractivity contribution is -0.138. The first-order chi connectivity index (χ1) is 7.96. The molecule has 0 bridgehead atoms. The van der Waals surface area contributed by atoms with Gasteiger partial charge in [0.1, 0.15) is 11.6 Å². The Kier molecular flexibility index (Phi) is 2.77. The summed E-state index contributed by atoms with van der Waals surface area (Å²) in [6.07, 6.45) is 4.17. The van der Waals surface area contributed by atoms with Crippen LogP contribution in [0.25, 0.3) is 0 Å². The first-order valence-corrected chi connectivity index (χ1v) is 6.25. The number of rotatable bonds is 2. The van der Waals surface area contributed by atoms with Crippen LogP contribution in [-0.2, 0) is 9.53 Å². The summed E-state index contributed by atoms with van der Waals surface area (Å²) in [6, 6.07) is 2.04. The number of hydrogen-bond acceptors (Lipinski definition) is 3. The van der Waals surface area contributed by atoms with Gasteiger partial charge in [-0.15, -0.1) is 0 Å². The minimum absolute atomic E-state index is 0.253. The Hall–Kier alpha value is -1.30. The molecule has 0 aromatic carbocycles. The van der Waals surface area contributed by atoms with Crippen molar-refractivity contribution in [3.05, 3.63) is 11.1 Å². The highest BCUT2D eigenvalue weighted by Crippen LogP contribution is 2.67. The van der Waals surface area contributed by atoms with E-state index in [1.807, 2.05) is 6.07 Å². The van der Waals surface area contributed by atoms with Gasteiger partial charge in [0.2, 0.25) is 0 Å². The maximum atomic E-state index is 11.7. The molecule has 0 spiro atoms. The number of allylic oxidation sites excluding steroid dienone is 1. The van der Waals surface area contributed by atoms with E-state index in [4.69, 9.17) is 10.00 Å². The van der Waals surface area contributed by atoms with Gasteiger partial charge in [-0.1, -0.05) is 13.8 Å². The number of hydrogen-bond donors (Lipinski definition) is 0. The molecule has 0 aromatic heterocycles. The Balaban J connectivity index is 2.28. The van der Waals surface area contributed by atoms with Gasteiger partial charge in [-0.25, -0.2) is 4.79 Å². The molecule has 0 amide bonds. The maximum absolute atomic E-state index is 11.7. The van der Waals surface area contributed by atoms with Crippen LogP contribution < -0.4 is 0 Å². The molecule has 0 aromatic rings. The van der Waals surface area contributed by atoms with Gasteiger partial charge in [0, 0.05) is 0 Å². The fourth-order valence-electron chi connectivity index (χ4n) is 3.24. The van der Waals surface area contributed by atoms with Crippen molar-refractivity contribution < 1.29 is 9.53 Å². The predicted octanol–water partition coefficient (Wildman–Crippen LogP) is 2.97. The largest absolute Gasteiger partial charge is 0.462 e. The second-order valence-corrected chi connectivity index (χ2v) is 5.79. The van der Waals surface area contributed by atoms with Crippen molar-refractivity contribution in [1.82, 2.24) is 0 Å². The molecule has 3 heteroatoms. The molecule has 3 nitrogen and oxygen atoms in total. The van der Waals surface area contributed by atoms with Gasteiger partial charge >= 0.3 is 5.97 Å². The van der Waals surface area contributed by atoms with Crippen molar-refractivity contribution in [1.29, 1.82) is 5.26 Å². The van der Waals surface area contributed by atoms with Crippen LogP contribution in [0.1, 0.15) is 46.5 Å². The Morgan fingerprint density at radius 1 is 1.35 bits per heavy atom. The van der Waals surface area contributed by atoms with Gasteiger partial charge in [0.05, 0.1) is 6.61 Å². The predicted molar refractivity (Wildman–Crippen MR) is 64.0 cm³/mol. The zero-order chi connectivity index (χ0) is 12.7. The topological polar surface area (TPSA) is 50.1 Å². The van der Waals surface area contributed by atoms with Crippen LogP contribution >= 0.6 is 0 Å². The molecule has 17 heavy (non-hydrogen) atoms. The summed E-state index contributed by atoms with van der Waals surface area (Å²) >= 11 is 0. The highest BCUT2D eigenvalue weighted by atomic mass is 16.5. The van der Waals surface area contributed by atoms with Crippen molar-refractivity contribution in [3.63, 3.8) is 0 Å². The lowest BCUT2D eigenvalue weighted by Gasteiger charge is -2.51. The minimum Gasteiger partial charge on any atom is -0.462 e. The van der Waals surface area contributed by atoms with E-state index >= 15 is 0 Å². The first kappa shape index (κ1) is 12.2. The molecule has 0 unspecified atom stereocenters. The first-order valence-electron chi connectivity index (χ1n) is 6.25. The molecular weight excluding hydrogens is 214 g/mol. The van der Waals surface area contributed by atoms with E-state index in [9.17, 15) is 4.79 Å². The standard InChI is InChI=1S/C14H19NO2/c1-4-17-12(16)11(9-15)10-7-13(2)5-6-14(13,3)8-10/h4-8H2,1-3H3/b11-10-/t13-,14+/m1/s1. The third kappa shape index (κ3) is 1.67. The molecule has 2 aliphatic carbocycles. The Morgan fingerprint density at radius 3 is 2.24 bits per heavy atom. The number of ether oxygens (including phenoxy) is 1. The lowest BCUT2D eigenvalue weighted by Crippen LogP contribution is -2.42. The van der Waals surface area contributed by atoms with Crippen LogP contribution in [0.5, 0.6) is 0 Å². The maximum Gasteiger partial charge on any atom is 0.348 e. The summed E-state index contributed by atoms with van der Waals surface area (Å²) in [5.41, 5.74) is 1.84. The molecule has 92 valence electrons. The normalized spacial score (nSPS) is 37.8. The van der Waals surface area contributed by atoms with E-state index < -0.39 is 5.97 Å². The van der Waals surface area contributed by atoms with Crippen molar-refractivity contribution in [3.8, 4) is 6.07 Å². The van der Waals surface area contributed by atoms with Gasteiger partial charge in [0.25, 0.3) is 0 Å². The Bertz CT molecular complexity index is 412. The summed E-state index contributed by atoms with van der Waals surface area (Å²) in [4.78, 5) is 11.7. The lowest BCUT2D eigenvalue weighted by atomic mass is 9.53. The zero-order valence-corrected chi connectivity index (χ0v) is 10.8. The van der Waals surface area contributed by atoms with E-state index in [2.05, 4.69) is 13.8 Å². The number of carbonyl (C=O) groups excluding carboxylic acids is 1. The van der Waals surface area contributed by atoms with Crippen molar-refractivity contribution in [2.24, 2.45) is 10.8 Å². The van der Waals surface area contributed by atoms with Gasteiger partial charge in [-0.05, 0) is 49.0 Å². The molecule has 2 atom stereocenters. The quantitative estimate of drug-likeness (QED) is 0.418. The summed E-state index contributed by atoms with van der Waals surface area (Å²) in [6.45, 7) is 6.62. The van der Waals surface area contributed by atoms with Crippen LogP contribution in [0.3, 0.4) is 0 Å². The second-order valence-electron chi connectivity index (χ2n) is 5.79. The van der Waals surface area contributed by atoms with Crippen LogP contribution in [-0.4, -0.2) is 12.6 Å². The molecule has 2 rings (SSSR count). The van der Waals surface area contributed by atoms with Crippen LogP contribution in [0, 0.1) is 22.2 Å². The molecule has 2 saturated carbocycles. The number of nitriles is 1. The molecular formula is C14H19NO2. The van der Waals surface area contributed by atoms with Gasteiger partial charge in [0.15, 0.2) is 0 Å².